The predicted molar refractivity (Wildman–Crippen MR) is 90.2 cm³/mol. The van der Waals surface area contributed by atoms with Crippen LogP contribution >= 0.6 is 0 Å². The van der Waals surface area contributed by atoms with Crippen LogP contribution in [0.3, 0.4) is 0 Å². The molecular weight excluding hydrogens is 307 g/mol. The summed E-state index contributed by atoms with van der Waals surface area (Å²) in [6.45, 7) is 0. The molecule has 0 spiro atoms. The molecule has 0 saturated heterocycles. The summed E-state index contributed by atoms with van der Waals surface area (Å²) in [5.74, 6) is 0.0690. The molecule has 1 aliphatic rings. The smallest absolute Gasteiger partial charge is 0.314 e. The topological polar surface area (TPSA) is 35.5 Å². The number of carbonyl (C=O) groups is 1. The number of carbonyl (C=O) groups excluding carboxylic acids is 1. The van der Waals surface area contributed by atoms with Crippen LogP contribution < -0.4 is 4.74 Å². The Bertz CT molecular complexity index is 671. The first-order chi connectivity index (χ1) is 11.7. The van der Waals surface area contributed by atoms with E-state index in [1.165, 1.54) is 12.1 Å². The van der Waals surface area contributed by atoms with Gasteiger partial charge in [-0.25, -0.2) is 4.39 Å². The summed E-state index contributed by atoms with van der Waals surface area (Å²) in [6.07, 6.45) is 3.69. The third kappa shape index (κ3) is 4.01. The van der Waals surface area contributed by atoms with Gasteiger partial charge in [0.05, 0.1) is 12.0 Å². The van der Waals surface area contributed by atoms with Crippen molar-refractivity contribution in [3.05, 3.63) is 54.3 Å². The molecule has 0 radical (unpaired) electrons. The Morgan fingerprint density at radius 2 is 1.46 bits per heavy atom. The number of methoxy groups -OCH3 is 1. The normalized spacial score (nSPS) is 20.6. The van der Waals surface area contributed by atoms with Gasteiger partial charge in [0, 0.05) is 7.11 Å². The molecular formula is C20H21FO3. The molecule has 1 aliphatic carbocycles. The van der Waals surface area contributed by atoms with Crippen LogP contribution in [0.4, 0.5) is 4.39 Å². The lowest BCUT2D eigenvalue weighted by Crippen LogP contribution is -2.28. The summed E-state index contributed by atoms with van der Waals surface area (Å²) in [5.41, 5.74) is 1.88. The molecule has 0 aliphatic heterocycles. The van der Waals surface area contributed by atoms with E-state index in [9.17, 15) is 9.18 Å². The Kier molecular flexibility index (Phi) is 5.26. The second kappa shape index (κ2) is 7.58. The number of hydrogen-bond acceptors (Lipinski definition) is 3. The highest BCUT2D eigenvalue weighted by molar-refractivity contribution is 5.75. The quantitative estimate of drug-likeness (QED) is 0.607. The van der Waals surface area contributed by atoms with Crippen LogP contribution in [0, 0.1) is 11.7 Å². The molecule has 1 fully saturated rings. The third-order valence-electron chi connectivity index (χ3n) is 4.59. The average molecular weight is 328 g/mol. The zero-order valence-corrected chi connectivity index (χ0v) is 13.7. The SMILES string of the molecule is CO[C@H]1CC[C@H](C(=O)Oc2ccc(-c3ccc(F)cc3)cc2)CC1. The fourth-order valence-corrected chi connectivity index (χ4v) is 3.09. The van der Waals surface area contributed by atoms with Gasteiger partial charge < -0.3 is 9.47 Å². The van der Waals surface area contributed by atoms with Crippen molar-refractivity contribution >= 4 is 5.97 Å². The lowest BCUT2D eigenvalue weighted by Gasteiger charge is -2.26. The summed E-state index contributed by atoms with van der Waals surface area (Å²) in [5, 5.41) is 0. The van der Waals surface area contributed by atoms with E-state index in [1.807, 2.05) is 12.1 Å². The minimum absolute atomic E-state index is 0.0480. The Morgan fingerprint density at radius 1 is 0.917 bits per heavy atom. The van der Waals surface area contributed by atoms with Gasteiger partial charge in [0.15, 0.2) is 0 Å². The number of benzene rings is 2. The molecule has 126 valence electrons. The van der Waals surface area contributed by atoms with Crippen LogP contribution in [-0.4, -0.2) is 19.2 Å². The zero-order chi connectivity index (χ0) is 16.9. The second-order valence-corrected chi connectivity index (χ2v) is 6.16. The van der Waals surface area contributed by atoms with E-state index in [4.69, 9.17) is 9.47 Å². The fraction of sp³-hybridized carbons (Fsp3) is 0.350. The van der Waals surface area contributed by atoms with Crippen molar-refractivity contribution in [2.45, 2.75) is 31.8 Å². The Balaban J connectivity index is 1.60. The van der Waals surface area contributed by atoms with Gasteiger partial charge in [-0.05, 0) is 61.1 Å². The second-order valence-electron chi connectivity index (χ2n) is 6.16. The van der Waals surface area contributed by atoms with Crippen LogP contribution in [-0.2, 0) is 9.53 Å². The molecule has 3 nitrogen and oxygen atoms in total. The van der Waals surface area contributed by atoms with Crippen molar-refractivity contribution < 1.29 is 18.7 Å². The van der Waals surface area contributed by atoms with E-state index in [2.05, 4.69) is 0 Å². The van der Waals surface area contributed by atoms with E-state index >= 15 is 0 Å². The molecule has 0 atom stereocenters. The van der Waals surface area contributed by atoms with Crippen LogP contribution in [0.1, 0.15) is 25.7 Å². The summed E-state index contributed by atoms with van der Waals surface area (Å²) in [7, 11) is 1.71. The lowest BCUT2D eigenvalue weighted by molar-refractivity contribution is -0.140. The first-order valence-electron chi connectivity index (χ1n) is 8.26. The Labute approximate surface area is 141 Å². The largest absolute Gasteiger partial charge is 0.426 e. The first kappa shape index (κ1) is 16.7. The first-order valence-corrected chi connectivity index (χ1v) is 8.26. The van der Waals surface area contributed by atoms with Crippen LogP contribution in [0.2, 0.25) is 0 Å². The van der Waals surface area contributed by atoms with Gasteiger partial charge in [-0.15, -0.1) is 0 Å². The van der Waals surface area contributed by atoms with Gasteiger partial charge in [-0.1, -0.05) is 24.3 Å². The standard InChI is InChI=1S/C20H21FO3/c1-23-18-10-6-16(7-11-18)20(22)24-19-12-4-15(5-13-19)14-2-8-17(21)9-3-14/h2-5,8-9,12-13,16,18H,6-7,10-11H2,1H3/t16-,18-. The molecule has 4 heteroatoms. The van der Waals surface area contributed by atoms with Gasteiger partial charge in [-0.2, -0.15) is 0 Å². The zero-order valence-electron chi connectivity index (χ0n) is 13.7. The van der Waals surface area contributed by atoms with E-state index < -0.39 is 0 Å². The molecule has 0 unspecified atom stereocenters. The summed E-state index contributed by atoms with van der Waals surface area (Å²) >= 11 is 0. The monoisotopic (exact) mass is 328 g/mol. The minimum Gasteiger partial charge on any atom is -0.426 e. The molecule has 1 saturated carbocycles. The maximum absolute atomic E-state index is 13.0. The van der Waals surface area contributed by atoms with Crippen LogP contribution in [0.25, 0.3) is 11.1 Å². The number of hydrogen-bond donors (Lipinski definition) is 0. The van der Waals surface area contributed by atoms with E-state index in [0.717, 1.165) is 36.8 Å². The molecule has 0 bridgehead atoms. The number of halogens is 1. The van der Waals surface area contributed by atoms with Gasteiger partial charge in [0.1, 0.15) is 11.6 Å². The Hall–Kier alpha value is -2.20. The number of rotatable bonds is 4. The minimum atomic E-state index is -0.257. The molecule has 3 rings (SSSR count). The van der Waals surface area contributed by atoms with Gasteiger partial charge in [0.25, 0.3) is 0 Å². The fourth-order valence-electron chi connectivity index (χ4n) is 3.09. The average Bonchev–Trinajstić information content (AvgIpc) is 2.63. The molecule has 0 N–H and O–H groups in total. The Morgan fingerprint density at radius 3 is 2.00 bits per heavy atom. The van der Waals surface area contributed by atoms with Crippen molar-refractivity contribution in [1.82, 2.24) is 0 Å². The van der Waals surface area contributed by atoms with Crippen LogP contribution in [0.15, 0.2) is 48.5 Å². The van der Waals surface area contributed by atoms with Crippen molar-refractivity contribution in [2.75, 3.05) is 7.11 Å². The van der Waals surface area contributed by atoms with E-state index in [0.29, 0.717) is 5.75 Å². The van der Waals surface area contributed by atoms with Crippen molar-refractivity contribution in [3.8, 4) is 16.9 Å². The van der Waals surface area contributed by atoms with Crippen molar-refractivity contribution in [3.63, 3.8) is 0 Å². The number of esters is 1. The maximum Gasteiger partial charge on any atom is 0.314 e. The molecule has 0 heterocycles. The van der Waals surface area contributed by atoms with E-state index in [-0.39, 0.29) is 23.8 Å². The molecule has 0 aromatic heterocycles. The molecule has 2 aromatic carbocycles. The highest BCUT2D eigenvalue weighted by Gasteiger charge is 2.27. The third-order valence-corrected chi connectivity index (χ3v) is 4.59. The molecule has 2 aromatic rings. The molecule has 24 heavy (non-hydrogen) atoms. The van der Waals surface area contributed by atoms with E-state index in [1.54, 1.807) is 31.4 Å². The van der Waals surface area contributed by atoms with Gasteiger partial charge in [-0.3, -0.25) is 4.79 Å². The number of ether oxygens (including phenoxy) is 2. The van der Waals surface area contributed by atoms with Gasteiger partial charge >= 0.3 is 5.97 Å². The summed E-state index contributed by atoms with van der Waals surface area (Å²) in [6, 6.07) is 13.6. The predicted octanol–water partition coefficient (Wildman–Crippen LogP) is 4.60. The summed E-state index contributed by atoms with van der Waals surface area (Å²) in [4.78, 5) is 12.3. The van der Waals surface area contributed by atoms with Crippen molar-refractivity contribution in [2.24, 2.45) is 5.92 Å². The van der Waals surface area contributed by atoms with Crippen LogP contribution in [0.5, 0.6) is 5.75 Å². The van der Waals surface area contributed by atoms with Gasteiger partial charge in [0.2, 0.25) is 0 Å². The summed E-state index contributed by atoms with van der Waals surface area (Å²) < 4.78 is 23.8. The lowest BCUT2D eigenvalue weighted by atomic mass is 9.87. The van der Waals surface area contributed by atoms with Crippen molar-refractivity contribution in [1.29, 1.82) is 0 Å². The highest BCUT2D eigenvalue weighted by Crippen LogP contribution is 2.28. The maximum atomic E-state index is 13.0. The highest BCUT2D eigenvalue weighted by atomic mass is 19.1. The molecule has 0 amide bonds.